The number of thioether (sulfide) groups is 1. The fourth-order valence-corrected chi connectivity index (χ4v) is 8.32. The zero-order valence-corrected chi connectivity index (χ0v) is 25.2. The van der Waals surface area contributed by atoms with Gasteiger partial charge < -0.3 is 10.4 Å². The number of amides is 3. The van der Waals surface area contributed by atoms with Crippen molar-refractivity contribution in [2.45, 2.75) is 22.7 Å². The number of fused-ring (bicyclic) bond motifs is 2. The number of halogens is 2. The first-order valence-corrected chi connectivity index (χ1v) is 15.4. The van der Waals surface area contributed by atoms with Crippen LogP contribution in [-0.2, 0) is 20.9 Å². The third-order valence-electron chi connectivity index (χ3n) is 6.82. The molecule has 1 fully saturated rings. The number of thiazole rings is 1. The van der Waals surface area contributed by atoms with Gasteiger partial charge in [0.2, 0.25) is 17.7 Å². The molecular weight excluding hydrogens is 682 g/mol. The van der Waals surface area contributed by atoms with Crippen molar-refractivity contribution in [3.05, 3.63) is 102 Å². The van der Waals surface area contributed by atoms with E-state index in [-0.39, 0.29) is 29.0 Å². The molecule has 6 rings (SSSR count). The van der Waals surface area contributed by atoms with Crippen molar-refractivity contribution in [1.29, 1.82) is 0 Å². The Labute approximate surface area is 253 Å². The third kappa shape index (κ3) is 4.83. The van der Waals surface area contributed by atoms with Gasteiger partial charge in [-0.15, -0.1) is 0 Å². The van der Waals surface area contributed by atoms with Gasteiger partial charge in [-0.05, 0) is 66.2 Å². The summed E-state index contributed by atoms with van der Waals surface area (Å²) in [6, 6.07) is 20.5. The quantitative estimate of drug-likeness (QED) is 0.208. The average molecular weight is 701 g/mol. The van der Waals surface area contributed by atoms with Gasteiger partial charge in [0.05, 0.1) is 16.6 Å². The van der Waals surface area contributed by atoms with Crippen LogP contribution < -0.4 is 15.1 Å². The minimum Gasteiger partial charge on any atom is -0.508 e. The van der Waals surface area contributed by atoms with E-state index < -0.39 is 23.0 Å². The average Bonchev–Trinajstić information content (AvgIpc) is 3.37. The van der Waals surface area contributed by atoms with Gasteiger partial charge in [0.1, 0.15) is 17.5 Å². The van der Waals surface area contributed by atoms with E-state index in [9.17, 15) is 24.3 Å². The summed E-state index contributed by atoms with van der Waals surface area (Å²) >= 11 is 9.01. The number of hydrogen-bond acceptors (Lipinski definition) is 7. The summed E-state index contributed by atoms with van der Waals surface area (Å²) in [6.45, 7) is -0.262. The highest BCUT2D eigenvalue weighted by Gasteiger charge is 2.56. The first-order valence-electron chi connectivity index (χ1n) is 12.1. The summed E-state index contributed by atoms with van der Waals surface area (Å²) in [4.78, 5) is 55.4. The van der Waals surface area contributed by atoms with Crippen molar-refractivity contribution >= 4 is 84.1 Å². The maximum Gasteiger partial charge on any atom is 0.308 e. The van der Waals surface area contributed by atoms with Crippen LogP contribution in [-0.4, -0.2) is 32.6 Å². The molecule has 3 aromatic carbocycles. The number of carbonyl (C=O) groups is 3. The second-order valence-corrected chi connectivity index (χ2v) is 13.3. The minimum atomic E-state index is -0.766. The van der Waals surface area contributed by atoms with Gasteiger partial charge in [-0.1, -0.05) is 67.1 Å². The number of anilines is 2. The second kappa shape index (κ2) is 10.7. The van der Waals surface area contributed by atoms with Crippen LogP contribution in [0, 0.1) is 5.92 Å². The van der Waals surface area contributed by atoms with Crippen LogP contribution in [0.3, 0.4) is 0 Å². The first kappa shape index (κ1) is 27.0. The van der Waals surface area contributed by atoms with E-state index in [1.165, 1.54) is 33.4 Å². The largest absolute Gasteiger partial charge is 0.508 e. The highest BCUT2D eigenvalue weighted by molar-refractivity contribution is 9.10. The molecule has 4 aromatic rings. The van der Waals surface area contributed by atoms with E-state index >= 15 is 0 Å². The number of nitrogens with zero attached hydrogens (tertiary/aromatic N) is 2. The van der Waals surface area contributed by atoms with Gasteiger partial charge in [-0.3, -0.25) is 23.7 Å². The SMILES string of the molecule is O=C(Cn1c2c(sc1=O)[C@H](c1ccc(Br)cc1)C1C(=O)N(c3ccc(Br)cc3)C(=O)C1S2)Nc1ccc(O)cc1. The summed E-state index contributed by atoms with van der Waals surface area (Å²) in [6.07, 6.45) is 0. The molecule has 202 valence electrons. The molecule has 0 bridgehead atoms. The Kier molecular flexibility index (Phi) is 7.19. The molecule has 1 saturated heterocycles. The number of benzene rings is 3. The topological polar surface area (TPSA) is 109 Å². The molecule has 0 saturated carbocycles. The van der Waals surface area contributed by atoms with Gasteiger partial charge in [0.15, 0.2) is 0 Å². The number of aromatic hydroxyl groups is 1. The summed E-state index contributed by atoms with van der Waals surface area (Å²) < 4.78 is 3.06. The smallest absolute Gasteiger partial charge is 0.308 e. The molecule has 3 amide bonds. The zero-order valence-electron chi connectivity index (χ0n) is 20.4. The van der Waals surface area contributed by atoms with E-state index in [4.69, 9.17) is 0 Å². The Morgan fingerprint density at radius 1 is 0.875 bits per heavy atom. The number of phenolic OH excluding ortho intramolecular Hbond substituents is 1. The van der Waals surface area contributed by atoms with Gasteiger partial charge >= 0.3 is 4.87 Å². The summed E-state index contributed by atoms with van der Waals surface area (Å²) in [5.41, 5.74) is 1.76. The fourth-order valence-electron chi connectivity index (χ4n) is 5.02. The van der Waals surface area contributed by atoms with Crippen LogP contribution in [0.1, 0.15) is 16.4 Å². The predicted octanol–water partition coefficient (Wildman–Crippen LogP) is 5.57. The van der Waals surface area contributed by atoms with E-state index in [2.05, 4.69) is 37.2 Å². The lowest BCUT2D eigenvalue weighted by Crippen LogP contribution is -2.33. The third-order valence-corrected chi connectivity index (χ3v) is 10.5. The minimum absolute atomic E-state index is 0.0685. The zero-order chi connectivity index (χ0) is 28.1. The number of rotatable bonds is 5. The molecule has 1 aromatic heterocycles. The number of nitrogens with one attached hydrogen (secondary N) is 1. The number of imide groups is 1. The molecule has 0 aliphatic carbocycles. The van der Waals surface area contributed by atoms with Crippen LogP contribution >= 0.6 is 55.0 Å². The number of carbonyl (C=O) groups excluding carboxylic acids is 3. The molecule has 3 atom stereocenters. The highest BCUT2D eigenvalue weighted by atomic mass is 79.9. The van der Waals surface area contributed by atoms with E-state index in [1.54, 1.807) is 36.4 Å². The Balaban J connectivity index is 1.40. The van der Waals surface area contributed by atoms with Gasteiger partial charge in [0, 0.05) is 25.4 Å². The van der Waals surface area contributed by atoms with Gasteiger partial charge in [-0.25, -0.2) is 4.90 Å². The molecule has 12 heteroatoms. The molecule has 2 aliphatic heterocycles. The normalized spacial score (nSPS) is 19.9. The van der Waals surface area contributed by atoms with Crippen LogP contribution in [0.2, 0.25) is 0 Å². The highest BCUT2D eigenvalue weighted by Crippen LogP contribution is 2.54. The Hall–Kier alpha value is -3.19. The van der Waals surface area contributed by atoms with Crippen LogP contribution in [0.15, 0.2) is 91.6 Å². The lowest BCUT2D eigenvalue weighted by atomic mass is 9.83. The lowest BCUT2D eigenvalue weighted by molar-refractivity contribution is -0.122. The standard InChI is InChI=1S/C28H19Br2N3O5S2/c29-15-3-1-14(2-4-15)21-22-23(26(37)33(25(22)36)18-9-5-16(30)6-10-18)39-27-24(21)40-28(38)32(27)13-20(35)31-17-7-11-19(34)12-8-17/h1-12,21-23,34H,13H2,(H,31,35)/t21-,22?,23?/m1/s1. The van der Waals surface area contributed by atoms with Crippen molar-refractivity contribution in [1.82, 2.24) is 4.57 Å². The molecular formula is C28H19Br2N3O5S2. The Bertz CT molecular complexity index is 1700. The molecule has 3 heterocycles. The first-order chi connectivity index (χ1) is 19.2. The van der Waals surface area contributed by atoms with Crippen molar-refractivity contribution in [3.8, 4) is 5.75 Å². The Morgan fingerprint density at radius 3 is 2.15 bits per heavy atom. The summed E-state index contributed by atoms with van der Waals surface area (Å²) in [7, 11) is 0. The van der Waals surface area contributed by atoms with Crippen molar-refractivity contribution in [2.75, 3.05) is 10.2 Å². The van der Waals surface area contributed by atoms with E-state index in [1.807, 2.05) is 24.3 Å². The number of hydrogen-bond donors (Lipinski definition) is 2. The number of phenols is 1. The van der Waals surface area contributed by atoms with Gasteiger partial charge in [-0.2, -0.15) is 0 Å². The van der Waals surface area contributed by atoms with Crippen molar-refractivity contribution in [3.63, 3.8) is 0 Å². The molecule has 40 heavy (non-hydrogen) atoms. The lowest BCUT2D eigenvalue weighted by Gasteiger charge is -2.30. The molecule has 2 N–H and O–H groups in total. The van der Waals surface area contributed by atoms with E-state index in [0.29, 0.717) is 21.3 Å². The van der Waals surface area contributed by atoms with Crippen molar-refractivity contribution < 1.29 is 19.5 Å². The van der Waals surface area contributed by atoms with Crippen LogP contribution in [0.25, 0.3) is 0 Å². The van der Waals surface area contributed by atoms with E-state index in [0.717, 1.165) is 25.8 Å². The van der Waals surface area contributed by atoms with Gasteiger partial charge in [0.25, 0.3) is 0 Å². The van der Waals surface area contributed by atoms with Crippen molar-refractivity contribution in [2.24, 2.45) is 5.92 Å². The molecule has 0 spiro atoms. The van der Waals surface area contributed by atoms with Crippen LogP contribution in [0.4, 0.5) is 11.4 Å². The molecule has 2 aliphatic rings. The molecule has 8 nitrogen and oxygen atoms in total. The monoisotopic (exact) mass is 699 g/mol. The predicted molar refractivity (Wildman–Crippen MR) is 161 cm³/mol. The second-order valence-electron chi connectivity index (χ2n) is 9.30. The fraction of sp³-hybridized carbons (Fsp3) is 0.143. The maximum atomic E-state index is 13.9. The van der Waals surface area contributed by atoms with Crippen LogP contribution in [0.5, 0.6) is 5.75 Å². The molecule has 2 unspecified atom stereocenters. The summed E-state index contributed by atoms with van der Waals surface area (Å²) in [5.74, 6) is -2.28. The summed E-state index contributed by atoms with van der Waals surface area (Å²) in [5, 5.41) is 12.0. The number of aromatic nitrogens is 1. The maximum absolute atomic E-state index is 13.9. The Morgan fingerprint density at radius 2 is 1.50 bits per heavy atom. The molecule has 0 radical (unpaired) electrons.